The Balaban J connectivity index is 1.30. The van der Waals surface area contributed by atoms with Gasteiger partial charge in [-0.3, -0.25) is 4.79 Å². The third-order valence-electron chi connectivity index (χ3n) is 13.8. The number of nitrogens with zero attached hydrogens (tertiary/aromatic N) is 1. The summed E-state index contributed by atoms with van der Waals surface area (Å²) in [5.41, 5.74) is -1.28. The first-order valence-corrected chi connectivity index (χ1v) is 18.5. The first-order chi connectivity index (χ1) is 23.2. The van der Waals surface area contributed by atoms with Crippen molar-refractivity contribution < 1.29 is 24.2 Å². The first-order valence-electron chi connectivity index (χ1n) is 18.1. The zero-order chi connectivity index (χ0) is 35.0. The third-order valence-corrected chi connectivity index (χ3v) is 14.1. The van der Waals surface area contributed by atoms with Crippen LogP contribution >= 0.6 is 11.6 Å². The van der Waals surface area contributed by atoms with Crippen LogP contribution in [0.5, 0.6) is 0 Å². The first kappa shape index (κ1) is 34.4. The zero-order valence-electron chi connectivity index (χ0n) is 29.1. The van der Waals surface area contributed by atoms with Crippen LogP contribution < -0.4 is 5.32 Å². The summed E-state index contributed by atoms with van der Waals surface area (Å²) in [6, 6.07) is 14.1. The molecule has 2 spiro atoms. The van der Waals surface area contributed by atoms with Crippen molar-refractivity contribution in [3.8, 4) is 0 Å². The molecular formula is C41H50ClFN2O4. The van der Waals surface area contributed by atoms with Gasteiger partial charge in [-0.1, -0.05) is 80.1 Å². The molecule has 3 fully saturated rings. The average molecular weight is 689 g/mol. The van der Waals surface area contributed by atoms with Crippen molar-refractivity contribution in [1.82, 2.24) is 10.2 Å². The zero-order valence-corrected chi connectivity index (χ0v) is 29.9. The number of aliphatic hydroxyl groups excluding tert-OH is 1. The predicted molar refractivity (Wildman–Crippen MR) is 189 cm³/mol. The summed E-state index contributed by atoms with van der Waals surface area (Å²) in [4.78, 5) is 30.1. The summed E-state index contributed by atoms with van der Waals surface area (Å²) in [7, 11) is 0. The van der Waals surface area contributed by atoms with Crippen LogP contribution in [0.2, 0.25) is 5.02 Å². The highest BCUT2D eigenvalue weighted by molar-refractivity contribution is 6.31. The van der Waals surface area contributed by atoms with Gasteiger partial charge < -0.3 is 20.4 Å². The van der Waals surface area contributed by atoms with E-state index in [2.05, 4.69) is 37.4 Å². The van der Waals surface area contributed by atoms with Crippen LogP contribution in [-0.4, -0.2) is 51.2 Å². The molecule has 0 radical (unpaired) electrons. The molecule has 0 aliphatic heterocycles. The number of fused-ring (bicyclic) bond motifs is 1. The van der Waals surface area contributed by atoms with E-state index in [0.29, 0.717) is 37.8 Å². The lowest BCUT2D eigenvalue weighted by molar-refractivity contribution is -0.177. The van der Waals surface area contributed by atoms with E-state index in [-0.39, 0.29) is 58.7 Å². The summed E-state index contributed by atoms with van der Waals surface area (Å²) in [5, 5.41) is 27.2. The number of urea groups is 1. The molecule has 2 bridgehead atoms. The number of carbonyl (C=O) groups is 2. The number of Topliss-reactive ketones (excluding diaryl/α,β-unsaturated/α-hetero) is 1. The Bertz CT molecular complexity index is 1690. The van der Waals surface area contributed by atoms with Gasteiger partial charge in [-0.15, -0.1) is 0 Å². The van der Waals surface area contributed by atoms with Crippen molar-refractivity contribution in [2.75, 3.05) is 6.54 Å². The number of benzene rings is 2. The standard InChI is InChI=1S/C41H50ClFN2O4/c1-26(2)44-36(48)45(24-27-9-6-5-7-10-27)25-40(49)18-15-35-38(40,4)17-14-34-37(3)16-13-28(46)22-39(37)19-20-41(34,35)30(23-39)33(47)21-29-31(42)11-8-12-32(29)43/h5-12,19-20,23,26,28,34-35,46,49H,13-18,21-22,24-25H2,1-4H3,(H,44,48)/t28?,34-,35-,37-,38+,39+,40-,41-/m1/s1. The van der Waals surface area contributed by atoms with Crippen LogP contribution in [0.3, 0.4) is 0 Å². The van der Waals surface area contributed by atoms with E-state index in [0.717, 1.165) is 24.8 Å². The molecule has 8 atom stereocenters. The lowest BCUT2D eigenvalue weighted by Gasteiger charge is -2.71. The fourth-order valence-corrected chi connectivity index (χ4v) is 11.5. The molecule has 2 aromatic carbocycles. The topological polar surface area (TPSA) is 89.9 Å². The highest BCUT2D eigenvalue weighted by Crippen LogP contribution is 2.78. The number of rotatable bonds is 8. The number of amides is 2. The van der Waals surface area contributed by atoms with Gasteiger partial charge in [0.25, 0.3) is 0 Å². The molecule has 262 valence electrons. The van der Waals surface area contributed by atoms with Crippen LogP contribution in [0.25, 0.3) is 0 Å². The minimum absolute atomic E-state index is 0.0621. The van der Waals surface area contributed by atoms with Crippen LogP contribution in [0, 0.1) is 39.3 Å². The van der Waals surface area contributed by atoms with Gasteiger partial charge in [0.2, 0.25) is 0 Å². The van der Waals surface area contributed by atoms with Crippen molar-refractivity contribution in [3.63, 3.8) is 0 Å². The van der Waals surface area contributed by atoms with E-state index >= 15 is 4.39 Å². The summed E-state index contributed by atoms with van der Waals surface area (Å²) < 4.78 is 15.1. The van der Waals surface area contributed by atoms with Crippen LogP contribution in [-0.2, 0) is 17.8 Å². The predicted octanol–water partition coefficient (Wildman–Crippen LogP) is 7.80. The quantitative estimate of drug-likeness (QED) is 0.247. The van der Waals surface area contributed by atoms with Gasteiger partial charge in [0, 0.05) is 51.4 Å². The van der Waals surface area contributed by atoms with Gasteiger partial charge in [0.15, 0.2) is 5.78 Å². The molecule has 8 heteroatoms. The molecule has 6 aliphatic carbocycles. The number of hydrogen-bond acceptors (Lipinski definition) is 4. The lowest BCUT2D eigenvalue weighted by atomic mass is 9.32. The van der Waals surface area contributed by atoms with Crippen LogP contribution in [0.4, 0.5) is 9.18 Å². The lowest BCUT2D eigenvalue weighted by Crippen LogP contribution is -2.67. The normalized spacial score (nSPS) is 37.2. The Morgan fingerprint density at radius 2 is 1.67 bits per heavy atom. The van der Waals surface area contributed by atoms with Crippen molar-refractivity contribution in [2.45, 2.75) is 103 Å². The second-order valence-electron chi connectivity index (χ2n) is 16.6. The van der Waals surface area contributed by atoms with Crippen LogP contribution in [0.15, 0.2) is 72.3 Å². The molecule has 0 heterocycles. The van der Waals surface area contributed by atoms with Crippen molar-refractivity contribution >= 4 is 23.4 Å². The number of halogens is 2. The molecule has 6 nitrogen and oxygen atoms in total. The fourth-order valence-electron chi connectivity index (χ4n) is 11.3. The second-order valence-corrected chi connectivity index (χ2v) is 17.0. The van der Waals surface area contributed by atoms with Gasteiger partial charge in [-0.25, -0.2) is 9.18 Å². The van der Waals surface area contributed by atoms with Crippen molar-refractivity contribution in [2.24, 2.45) is 33.5 Å². The molecule has 3 saturated carbocycles. The molecule has 8 rings (SSSR count). The average Bonchev–Trinajstić information content (AvgIpc) is 3.32. The molecule has 0 aromatic heterocycles. The number of carbonyl (C=O) groups excluding carboxylic acids is 2. The summed E-state index contributed by atoms with van der Waals surface area (Å²) >= 11 is 6.46. The maximum atomic E-state index is 15.1. The van der Waals surface area contributed by atoms with Crippen LogP contribution in [0.1, 0.15) is 83.8 Å². The van der Waals surface area contributed by atoms with Gasteiger partial charge in [0.05, 0.1) is 18.2 Å². The second kappa shape index (κ2) is 12.1. The Kier molecular flexibility index (Phi) is 8.48. The van der Waals surface area contributed by atoms with Gasteiger partial charge >= 0.3 is 6.03 Å². The third kappa shape index (κ3) is 5.16. The fraction of sp³-hybridized carbons (Fsp3) is 0.561. The Morgan fingerprint density at radius 3 is 2.39 bits per heavy atom. The molecule has 6 aliphatic rings. The molecule has 1 unspecified atom stereocenters. The molecule has 2 amide bonds. The smallest absolute Gasteiger partial charge is 0.317 e. The maximum absolute atomic E-state index is 15.1. The molecule has 49 heavy (non-hydrogen) atoms. The van der Waals surface area contributed by atoms with E-state index in [1.807, 2.05) is 44.2 Å². The highest BCUT2D eigenvalue weighted by atomic mass is 35.5. The molecule has 3 N–H and O–H groups in total. The maximum Gasteiger partial charge on any atom is 0.317 e. The molecule has 0 saturated heterocycles. The van der Waals surface area contributed by atoms with E-state index < -0.39 is 33.8 Å². The number of aliphatic hydroxyl groups is 2. The van der Waals surface area contributed by atoms with E-state index in [9.17, 15) is 19.8 Å². The highest BCUT2D eigenvalue weighted by Gasteiger charge is 2.74. The Hall–Kier alpha value is -3.00. The monoisotopic (exact) mass is 688 g/mol. The molecule has 2 aromatic rings. The summed E-state index contributed by atoms with van der Waals surface area (Å²) in [6.45, 7) is 8.92. The molecular weight excluding hydrogens is 639 g/mol. The van der Waals surface area contributed by atoms with Gasteiger partial charge in [-0.2, -0.15) is 0 Å². The minimum atomic E-state index is -1.20. The van der Waals surface area contributed by atoms with E-state index in [1.165, 1.54) is 6.07 Å². The van der Waals surface area contributed by atoms with E-state index in [1.54, 1.807) is 17.0 Å². The van der Waals surface area contributed by atoms with Crippen molar-refractivity contribution in [3.05, 3.63) is 94.3 Å². The SMILES string of the molecule is CC(C)NC(=O)N(Cc1ccccc1)C[C@]1(O)CC[C@H]2[C@]34C=C[C@@]5(C=C3C(=O)Cc3c(F)cccc3Cl)CC(O)CC[C@]5(C)[C@H]4CC[C@@]21C. The van der Waals surface area contributed by atoms with Gasteiger partial charge in [-0.05, 0) is 93.7 Å². The number of ketones is 1. The van der Waals surface area contributed by atoms with E-state index in [4.69, 9.17) is 11.6 Å². The largest absolute Gasteiger partial charge is 0.393 e. The number of hydrogen-bond donors (Lipinski definition) is 3. The van der Waals surface area contributed by atoms with Gasteiger partial charge in [0.1, 0.15) is 5.82 Å². The Labute approximate surface area is 294 Å². The summed E-state index contributed by atoms with van der Waals surface area (Å²) in [5.74, 6) is -0.614. The summed E-state index contributed by atoms with van der Waals surface area (Å²) in [6.07, 6.45) is 10.9. The minimum Gasteiger partial charge on any atom is -0.393 e. The number of nitrogens with one attached hydrogen (secondary N) is 1. The Morgan fingerprint density at radius 1 is 0.980 bits per heavy atom. The van der Waals surface area contributed by atoms with Crippen molar-refractivity contribution in [1.29, 1.82) is 0 Å². The number of allylic oxidation sites excluding steroid dienone is 4.